The highest BCUT2D eigenvalue weighted by molar-refractivity contribution is 5.88. The lowest BCUT2D eigenvalue weighted by atomic mass is 9.92. The van der Waals surface area contributed by atoms with Crippen LogP contribution in [0, 0.1) is 17.2 Å². The summed E-state index contributed by atoms with van der Waals surface area (Å²) in [6.45, 7) is 3.34. The maximum atomic E-state index is 12.1. The van der Waals surface area contributed by atoms with Gasteiger partial charge in [0.15, 0.2) is 0 Å². The third-order valence-corrected chi connectivity index (χ3v) is 4.96. The average molecular weight is 342 g/mol. The number of H-pyrrole nitrogens is 1. The Morgan fingerprint density at radius 3 is 3.08 bits per heavy atom. The van der Waals surface area contributed by atoms with Crippen molar-refractivity contribution < 1.29 is 9.90 Å². The Morgan fingerprint density at radius 2 is 2.36 bits per heavy atom. The van der Waals surface area contributed by atoms with Crippen molar-refractivity contribution >= 4 is 22.8 Å². The second-order valence-electron chi connectivity index (χ2n) is 6.53. The van der Waals surface area contributed by atoms with Crippen molar-refractivity contribution in [2.24, 2.45) is 5.92 Å². The maximum Gasteiger partial charge on any atom is 0.236 e. The van der Waals surface area contributed by atoms with Crippen molar-refractivity contribution in [3.8, 4) is 6.07 Å². The number of fused-ring (bicyclic) bond motifs is 1. The lowest BCUT2D eigenvalue weighted by Gasteiger charge is -2.42. The molecule has 0 aromatic carbocycles. The summed E-state index contributed by atoms with van der Waals surface area (Å²) in [7, 11) is 1.97. The predicted molar refractivity (Wildman–Crippen MR) is 92.6 cm³/mol. The molecule has 2 aromatic rings. The predicted octanol–water partition coefficient (Wildman–Crippen LogP) is 1.04. The summed E-state index contributed by atoms with van der Waals surface area (Å²) >= 11 is 0. The quantitative estimate of drug-likeness (QED) is 0.859. The van der Waals surface area contributed by atoms with Crippen LogP contribution in [0.25, 0.3) is 11.0 Å². The molecule has 0 bridgehead atoms. The highest BCUT2D eigenvalue weighted by Crippen LogP contribution is 2.29. The van der Waals surface area contributed by atoms with Crippen molar-refractivity contribution in [2.75, 3.05) is 25.0 Å². The Balaban J connectivity index is 1.88. The Labute approximate surface area is 146 Å². The number of nitrogens with one attached hydrogen (secondary N) is 1. The molecule has 0 spiro atoms. The van der Waals surface area contributed by atoms with Gasteiger partial charge in [-0.15, -0.1) is 0 Å². The fourth-order valence-electron chi connectivity index (χ4n) is 3.46. The van der Waals surface area contributed by atoms with Crippen molar-refractivity contribution in [1.29, 1.82) is 5.26 Å². The van der Waals surface area contributed by atoms with Gasteiger partial charge in [-0.2, -0.15) is 5.26 Å². The van der Waals surface area contributed by atoms with Gasteiger partial charge in [-0.25, -0.2) is 9.97 Å². The summed E-state index contributed by atoms with van der Waals surface area (Å²) in [4.78, 5) is 27.6. The molecule has 1 fully saturated rings. The molecule has 2 unspecified atom stereocenters. The summed E-state index contributed by atoms with van der Waals surface area (Å²) in [5.74, 6) is 1.04. The van der Waals surface area contributed by atoms with Gasteiger partial charge in [0.25, 0.3) is 0 Å². The molecule has 2 atom stereocenters. The summed E-state index contributed by atoms with van der Waals surface area (Å²) in [6, 6.07) is 3.89. The molecule has 132 valence electrons. The largest absolute Gasteiger partial charge is 0.390 e. The number of rotatable bonds is 4. The van der Waals surface area contributed by atoms with Crippen LogP contribution in [-0.4, -0.2) is 57.0 Å². The van der Waals surface area contributed by atoms with Crippen molar-refractivity contribution in [3.63, 3.8) is 0 Å². The van der Waals surface area contributed by atoms with Gasteiger partial charge >= 0.3 is 0 Å². The fraction of sp³-hybridized carbons (Fsp3) is 0.529. The van der Waals surface area contributed by atoms with Gasteiger partial charge < -0.3 is 19.9 Å². The summed E-state index contributed by atoms with van der Waals surface area (Å²) in [6.07, 6.45) is 2.30. The molecule has 0 radical (unpaired) electrons. The molecule has 3 rings (SSSR count). The zero-order valence-corrected chi connectivity index (χ0v) is 14.4. The number of carbonyl (C=O) groups excluding carboxylic acids is 1. The standard InChI is InChI=1S/C17H22N6O2/c1-11-4-6-23(15(25)3-5-18)8-14(11)22(2)17-13-7-12(9-24)21-16(13)19-10-20-17/h7,10-11,14,24H,3-4,6,8-9H2,1-2H3,(H,19,20,21). The van der Waals surface area contributed by atoms with Gasteiger partial charge in [0.2, 0.25) is 5.91 Å². The minimum Gasteiger partial charge on any atom is -0.390 e. The monoisotopic (exact) mass is 342 g/mol. The Bertz CT molecular complexity index is 811. The molecule has 3 heterocycles. The lowest BCUT2D eigenvalue weighted by molar-refractivity contribution is -0.131. The zero-order valence-electron chi connectivity index (χ0n) is 14.4. The number of piperidine rings is 1. The normalized spacial score (nSPS) is 20.5. The highest BCUT2D eigenvalue weighted by atomic mass is 16.3. The maximum absolute atomic E-state index is 12.1. The third-order valence-electron chi connectivity index (χ3n) is 4.96. The summed E-state index contributed by atoms with van der Waals surface area (Å²) in [5, 5.41) is 19.0. The fourth-order valence-corrected chi connectivity index (χ4v) is 3.46. The number of likely N-dealkylation sites (N-methyl/N-ethyl adjacent to an activating group) is 1. The minimum absolute atomic E-state index is 0.0831. The number of nitriles is 1. The van der Waals surface area contributed by atoms with E-state index in [1.165, 1.54) is 6.33 Å². The van der Waals surface area contributed by atoms with Crippen LogP contribution >= 0.6 is 0 Å². The van der Waals surface area contributed by atoms with Crippen LogP contribution in [0.2, 0.25) is 0 Å². The number of aliphatic hydroxyl groups is 1. The van der Waals surface area contributed by atoms with Gasteiger partial charge in [-0.1, -0.05) is 6.92 Å². The zero-order chi connectivity index (χ0) is 18.0. The van der Waals surface area contributed by atoms with Gasteiger partial charge in [0.05, 0.1) is 24.1 Å². The number of anilines is 1. The van der Waals surface area contributed by atoms with E-state index in [0.717, 1.165) is 17.6 Å². The Kier molecular flexibility index (Phi) is 4.86. The first kappa shape index (κ1) is 17.2. The van der Waals surface area contributed by atoms with E-state index in [4.69, 9.17) is 5.26 Å². The van der Waals surface area contributed by atoms with Crippen LogP contribution in [0.1, 0.15) is 25.5 Å². The van der Waals surface area contributed by atoms with Crippen molar-refractivity contribution in [3.05, 3.63) is 18.1 Å². The van der Waals surface area contributed by atoms with Crippen LogP contribution in [-0.2, 0) is 11.4 Å². The molecule has 0 saturated carbocycles. The highest BCUT2D eigenvalue weighted by Gasteiger charge is 2.32. The number of hydrogen-bond acceptors (Lipinski definition) is 6. The topological polar surface area (TPSA) is 109 Å². The van der Waals surface area contributed by atoms with E-state index in [1.807, 2.05) is 19.2 Å². The number of aliphatic hydroxyl groups excluding tert-OH is 1. The second-order valence-corrected chi connectivity index (χ2v) is 6.53. The van der Waals surface area contributed by atoms with Crippen LogP contribution in [0.3, 0.4) is 0 Å². The molecule has 1 aliphatic heterocycles. The smallest absolute Gasteiger partial charge is 0.236 e. The van der Waals surface area contributed by atoms with Crippen LogP contribution < -0.4 is 4.90 Å². The van der Waals surface area contributed by atoms with E-state index < -0.39 is 0 Å². The average Bonchev–Trinajstić information content (AvgIpc) is 3.05. The number of hydrogen-bond donors (Lipinski definition) is 2. The van der Waals surface area contributed by atoms with Crippen LogP contribution in [0.15, 0.2) is 12.4 Å². The van der Waals surface area contributed by atoms with Crippen molar-refractivity contribution in [1.82, 2.24) is 19.9 Å². The van der Waals surface area contributed by atoms with Gasteiger partial charge in [0, 0.05) is 25.8 Å². The van der Waals surface area contributed by atoms with Crippen LogP contribution in [0.5, 0.6) is 0 Å². The molecule has 1 saturated heterocycles. The lowest BCUT2D eigenvalue weighted by Crippen LogP contribution is -2.52. The van der Waals surface area contributed by atoms with Crippen LogP contribution in [0.4, 0.5) is 5.82 Å². The third kappa shape index (κ3) is 3.28. The SMILES string of the molecule is CC1CCN(C(=O)CC#N)CC1N(C)c1ncnc2[nH]c(CO)cc12. The number of likely N-dealkylation sites (tertiary alicyclic amines) is 1. The molecule has 8 nitrogen and oxygen atoms in total. The molecule has 8 heteroatoms. The van der Waals surface area contributed by atoms with E-state index in [-0.39, 0.29) is 25.0 Å². The molecule has 1 aliphatic rings. The molecule has 2 N–H and O–H groups in total. The first-order valence-corrected chi connectivity index (χ1v) is 8.36. The number of aromatic amines is 1. The molecule has 25 heavy (non-hydrogen) atoms. The van der Waals surface area contributed by atoms with E-state index in [1.54, 1.807) is 4.90 Å². The molecule has 0 aliphatic carbocycles. The molecule has 1 amide bonds. The van der Waals surface area contributed by atoms with Gasteiger partial charge in [-0.05, 0) is 18.4 Å². The number of amides is 1. The molecular formula is C17H22N6O2. The van der Waals surface area contributed by atoms with E-state index in [0.29, 0.717) is 30.3 Å². The first-order chi connectivity index (χ1) is 12.0. The number of carbonyl (C=O) groups is 1. The number of aromatic nitrogens is 3. The van der Waals surface area contributed by atoms with Crippen molar-refractivity contribution in [2.45, 2.75) is 32.4 Å². The number of nitrogens with zero attached hydrogens (tertiary/aromatic N) is 5. The molecular weight excluding hydrogens is 320 g/mol. The minimum atomic E-state index is -0.121. The first-order valence-electron chi connectivity index (χ1n) is 8.36. The summed E-state index contributed by atoms with van der Waals surface area (Å²) < 4.78 is 0. The molecule has 2 aromatic heterocycles. The van der Waals surface area contributed by atoms with E-state index >= 15 is 0 Å². The van der Waals surface area contributed by atoms with E-state index in [9.17, 15) is 9.90 Å². The Hall–Kier alpha value is -2.66. The van der Waals surface area contributed by atoms with E-state index in [2.05, 4.69) is 26.8 Å². The Morgan fingerprint density at radius 1 is 1.56 bits per heavy atom. The summed E-state index contributed by atoms with van der Waals surface area (Å²) in [5.41, 5.74) is 1.37. The van der Waals surface area contributed by atoms with Gasteiger partial charge in [0.1, 0.15) is 24.2 Å². The van der Waals surface area contributed by atoms with Gasteiger partial charge in [-0.3, -0.25) is 4.79 Å². The second kappa shape index (κ2) is 7.07.